The molecule has 3 aliphatic rings. The number of amides is 3. The molecule has 3 amide bonds. The van der Waals surface area contributed by atoms with Gasteiger partial charge in [-0.1, -0.05) is 18.9 Å². The zero-order chi connectivity index (χ0) is 20.7. The largest absolute Gasteiger partial charge is 0.342 e. The Balaban J connectivity index is 1.22. The van der Waals surface area contributed by atoms with Crippen molar-refractivity contribution in [2.75, 3.05) is 19.6 Å². The van der Waals surface area contributed by atoms with Crippen molar-refractivity contribution in [1.29, 1.82) is 0 Å². The first-order valence-corrected chi connectivity index (χ1v) is 11.1. The summed E-state index contributed by atoms with van der Waals surface area (Å²) in [5.41, 5.74) is 0.809. The number of fused-ring (bicyclic) bond motifs is 2. The first kappa shape index (κ1) is 19.2. The van der Waals surface area contributed by atoms with Gasteiger partial charge < -0.3 is 4.90 Å². The summed E-state index contributed by atoms with van der Waals surface area (Å²) >= 11 is 0. The minimum Gasteiger partial charge on any atom is -0.342 e. The number of hydrogen-bond donors (Lipinski definition) is 0. The topological polar surface area (TPSA) is 87.9 Å². The molecule has 1 aliphatic carbocycles. The Bertz CT molecular complexity index is 962. The van der Waals surface area contributed by atoms with Gasteiger partial charge in [-0.3, -0.25) is 23.7 Å². The molecule has 5 rings (SSSR count). The van der Waals surface area contributed by atoms with Crippen LogP contribution in [0.4, 0.5) is 0 Å². The van der Waals surface area contributed by atoms with Gasteiger partial charge in [-0.2, -0.15) is 0 Å². The van der Waals surface area contributed by atoms with Crippen molar-refractivity contribution in [3.63, 3.8) is 0 Å². The number of carbonyl (C=O) groups excluding carboxylic acids is 3. The number of likely N-dealkylation sites (tertiary alicyclic amines) is 2. The fourth-order valence-electron chi connectivity index (χ4n) is 5.37. The minimum atomic E-state index is -0.151. The zero-order valence-corrected chi connectivity index (χ0v) is 17.1. The molecule has 0 N–H and O–H groups in total. The standard InChI is InChI=1S/C22H27N5O3/c28-19(10-13-27-21(29)16-7-1-2-8-17(16)22(27)30)25-11-5-6-15(14-25)20-24-23-18-9-3-4-12-26(18)20/h3-4,9,12,15-17H,1-2,5-8,10-11,13-14H2/t15-,16+,17+/m0/s1. The van der Waals surface area contributed by atoms with Crippen molar-refractivity contribution < 1.29 is 14.4 Å². The molecule has 2 aromatic rings. The van der Waals surface area contributed by atoms with E-state index in [1.165, 1.54) is 4.90 Å². The van der Waals surface area contributed by atoms with Crippen LogP contribution in [0.15, 0.2) is 24.4 Å². The molecule has 2 aliphatic heterocycles. The number of aromatic nitrogens is 3. The number of carbonyl (C=O) groups is 3. The molecule has 2 saturated heterocycles. The molecule has 8 nitrogen and oxygen atoms in total. The van der Waals surface area contributed by atoms with Crippen LogP contribution < -0.4 is 0 Å². The highest BCUT2D eigenvalue weighted by atomic mass is 16.2. The molecule has 0 bridgehead atoms. The quantitative estimate of drug-likeness (QED) is 0.721. The van der Waals surface area contributed by atoms with E-state index < -0.39 is 0 Å². The van der Waals surface area contributed by atoms with Crippen LogP contribution in [0.3, 0.4) is 0 Å². The third kappa shape index (κ3) is 3.28. The second kappa shape index (κ2) is 7.81. The van der Waals surface area contributed by atoms with Crippen molar-refractivity contribution >= 4 is 23.4 Å². The summed E-state index contributed by atoms with van der Waals surface area (Å²) in [5.74, 6) is 0.593. The van der Waals surface area contributed by atoms with E-state index in [1.54, 1.807) is 0 Å². The Morgan fingerprint density at radius 1 is 1.00 bits per heavy atom. The van der Waals surface area contributed by atoms with E-state index in [1.807, 2.05) is 33.7 Å². The van der Waals surface area contributed by atoms with E-state index in [9.17, 15) is 14.4 Å². The van der Waals surface area contributed by atoms with Crippen LogP contribution in [0.25, 0.3) is 5.65 Å². The monoisotopic (exact) mass is 409 g/mol. The van der Waals surface area contributed by atoms with Gasteiger partial charge in [-0.15, -0.1) is 10.2 Å². The Morgan fingerprint density at radius 2 is 1.77 bits per heavy atom. The van der Waals surface area contributed by atoms with E-state index in [-0.39, 0.29) is 48.4 Å². The Labute approximate surface area is 175 Å². The fraction of sp³-hybridized carbons (Fsp3) is 0.591. The van der Waals surface area contributed by atoms with Gasteiger partial charge in [-0.25, -0.2) is 0 Å². The van der Waals surface area contributed by atoms with Crippen LogP contribution in [0.2, 0.25) is 0 Å². The normalized spacial score (nSPS) is 27.0. The molecular weight excluding hydrogens is 382 g/mol. The molecule has 0 radical (unpaired) electrons. The Morgan fingerprint density at radius 3 is 2.53 bits per heavy atom. The molecule has 2 aromatic heterocycles. The van der Waals surface area contributed by atoms with Gasteiger partial charge in [0.1, 0.15) is 5.82 Å². The van der Waals surface area contributed by atoms with Crippen molar-refractivity contribution in [1.82, 2.24) is 24.4 Å². The maximum Gasteiger partial charge on any atom is 0.233 e. The van der Waals surface area contributed by atoms with Gasteiger partial charge in [0.15, 0.2) is 5.65 Å². The van der Waals surface area contributed by atoms with Crippen LogP contribution in [0.1, 0.15) is 56.7 Å². The molecule has 8 heteroatoms. The van der Waals surface area contributed by atoms with E-state index in [2.05, 4.69) is 10.2 Å². The summed E-state index contributed by atoms with van der Waals surface area (Å²) in [6.45, 7) is 1.51. The molecule has 3 fully saturated rings. The average Bonchev–Trinajstić information content (AvgIpc) is 3.32. The third-order valence-corrected chi connectivity index (χ3v) is 6.96. The molecule has 4 heterocycles. The highest BCUT2D eigenvalue weighted by Crippen LogP contribution is 2.38. The zero-order valence-electron chi connectivity index (χ0n) is 17.1. The third-order valence-electron chi connectivity index (χ3n) is 6.96. The molecule has 0 aromatic carbocycles. The number of pyridine rings is 1. The molecule has 30 heavy (non-hydrogen) atoms. The highest BCUT2D eigenvalue weighted by molar-refractivity contribution is 6.05. The molecule has 0 spiro atoms. The van der Waals surface area contributed by atoms with E-state index in [0.29, 0.717) is 13.1 Å². The van der Waals surface area contributed by atoms with Gasteiger partial charge >= 0.3 is 0 Å². The smallest absolute Gasteiger partial charge is 0.233 e. The Kier molecular flexibility index (Phi) is 5.00. The molecule has 0 unspecified atom stereocenters. The number of hydrogen-bond acceptors (Lipinski definition) is 5. The van der Waals surface area contributed by atoms with E-state index in [0.717, 1.165) is 50.0 Å². The maximum absolute atomic E-state index is 12.9. The second-order valence-electron chi connectivity index (χ2n) is 8.74. The Hall–Kier alpha value is -2.77. The van der Waals surface area contributed by atoms with Crippen LogP contribution in [-0.2, 0) is 14.4 Å². The van der Waals surface area contributed by atoms with Gasteiger partial charge in [0, 0.05) is 38.2 Å². The fourth-order valence-corrected chi connectivity index (χ4v) is 5.37. The van der Waals surface area contributed by atoms with Crippen LogP contribution in [0, 0.1) is 11.8 Å². The number of rotatable bonds is 4. The van der Waals surface area contributed by atoms with Crippen molar-refractivity contribution in [2.45, 2.75) is 50.9 Å². The number of nitrogens with zero attached hydrogens (tertiary/aromatic N) is 5. The van der Waals surface area contributed by atoms with Gasteiger partial charge in [0.2, 0.25) is 17.7 Å². The summed E-state index contributed by atoms with van der Waals surface area (Å²) in [6, 6.07) is 5.80. The SMILES string of the molecule is O=C(CCN1C(=O)[C@@H]2CCCC[C@H]2C1=O)N1CCC[C@H](c2nnc3ccccn23)C1. The molecule has 1 saturated carbocycles. The lowest BCUT2D eigenvalue weighted by Crippen LogP contribution is -2.42. The van der Waals surface area contributed by atoms with Crippen LogP contribution >= 0.6 is 0 Å². The predicted octanol–water partition coefficient (Wildman–Crippen LogP) is 2.00. The van der Waals surface area contributed by atoms with Gasteiger partial charge in [0.25, 0.3) is 0 Å². The lowest BCUT2D eigenvalue weighted by molar-refractivity contribution is -0.141. The first-order chi connectivity index (χ1) is 14.6. The summed E-state index contributed by atoms with van der Waals surface area (Å²) < 4.78 is 1.99. The number of piperidine rings is 1. The second-order valence-corrected chi connectivity index (χ2v) is 8.74. The van der Waals surface area contributed by atoms with E-state index in [4.69, 9.17) is 0 Å². The van der Waals surface area contributed by atoms with E-state index >= 15 is 0 Å². The van der Waals surface area contributed by atoms with Crippen LogP contribution in [0.5, 0.6) is 0 Å². The lowest BCUT2D eigenvalue weighted by Gasteiger charge is -2.32. The molecule has 3 atom stereocenters. The predicted molar refractivity (Wildman–Crippen MR) is 108 cm³/mol. The summed E-state index contributed by atoms with van der Waals surface area (Å²) in [5, 5.41) is 8.59. The number of imide groups is 1. The highest BCUT2D eigenvalue weighted by Gasteiger charge is 2.48. The van der Waals surface area contributed by atoms with Crippen LogP contribution in [-0.4, -0.2) is 61.8 Å². The van der Waals surface area contributed by atoms with Crippen molar-refractivity contribution in [2.24, 2.45) is 11.8 Å². The molecular formula is C22H27N5O3. The maximum atomic E-state index is 12.9. The van der Waals surface area contributed by atoms with Crippen molar-refractivity contribution in [3.8, 4) is 0 Å². The lowest BCUT2D eigenvalue weighted by atomic mass is 9.81. The summed E-state index contributed by atoms with van der Waals surface area (Å²) in [6.07, 6.45) is 7.66. The first-order valence-electron chi connectivity index (χ1n) is 11.1. The average molecular weight is 409 g/mol. The molecule has 158 valence electrons. The van der Waals surface area contributed by atoms with Gasteiger partial charge in [0.05, 0.1) is 11.8 Å². The van der Waals surface area contributed by atoms with Crippen molar-refractivity contribution in [3.05, 3.63) is 30.2 Å². The summed E-state index contributed by atoms with van der Waals surface area (Å²) in [7, 11) is 0. The van der Waals surface area contributed by atoms with Gasteiger partial charge in [-0.05, 0) is 37.8 Å². The summed E-state index contributed by atoms with van der Waals surface area (Å²) in [4.78, 5) is 41.4. The minimum absolute atomic E-state index is 0.00370.